The molecule has 0 atom stereocenters. The summed E-state index contributed by atoms with van der Waals surface area (Å²) >= 11 is 5.86. The van der Waals surface area contributed by atoms with Gasteiger partial charge in [0, 0.05) is 17.3 Å². The number of anilines is 1. The molecule has 25 heavy (non-hydrogen) atoms. The van der Waals surface area contributed by atoms with Crippen LogP contribution in [0.5, 0.6) is 0 Å². The van der Waals surface area contributed by atoms with Gasteiger partial charge in [-0.3, -0.25) is 9.59 Å². The molecule has 0 spiro atoms. The van der Waals surface area contributed by atoms with Crippen LogP contribution in [0.4, 0.5) is 5.69 Å². The van der Waals surface area contributed by atoms with Crippen LogP contribution in [0.2, 0.25) is 5.02 Å². The number of para-hydroxylation sites is 1. The van der Waals surface area contributed by atoms with Gasteiger partial charge in [0.25, 0.3) is 0 Å². The average Bonchev–Trinajstić information content (AvgIpc) is 3.43. The fourth-order valence-electron chi connectivity index (χ4n) is 2.83. The second-order valence-corrected chi connectivity index (χ2v) is 6.79. The number of hydrogen-bond acceptors (Lipinski definition) is 2. The fourth-order valence-corrected chi connectivity index (χ4v) is 2.95. The number of rotatable bonds is 6. The van der Waals surface area contributed by atoms with E-state index in [1.54, 1.807) is 12.1 Å². The molecular weight excluding hydrogens is 336 g/mol. The first-order valence-corrected chi connectivity index (χ1v) is 8.85. The van der Waals surface area contributed by atoms with Crippen LogP contribution < -0.4 is 10.6 Å². The molecule has 2 aromatic rings. The second-order valence-electron chi connectivity index (χ2n) is 6.36. The van der Waals surface area contributed by atoms with E-state index < -0.39 is 5.41 Å². The lowest BCUT2D eigenvalue weighted by Crippen LogP contribution is -2.39. The molecule has 1 aliphatic carbocycles. The van der Waals surface area contributed by atoms with Crippen LogP contribution in [0.25, 0.3) is 0 Å². The fraction of sp³-hybridized carbons (Fsp3) is 0.300. The van der Waals surface area contributed by atoms with Gasteiger partial charge in [-0.05, 0) is 48.6 Å². The summed E-state index contributed by atoms with van der Waals surface area (Å²) in [6.45, 7) is 2.42. The molecule has 1 fully saturated rings. The van der Waals surface area contributed by atoms with Crippen molar-refractivity contribution < 1.29 is 9.59 Å². The highest BCUT2D eigenvalue weighted by molar-refractivity contribution is 6.30. The highest BCUT2D eigenvalue weighted by atomic mass is 35.5. The molecule has 1 aliphatic rings. The van der Waals surface area contributed by atoms with E-state index in [0.29, 0.717) is 24.4 Å². The first-order chi connectivity index (χ1) is 12.0. The average molecular weight is 357 g/mol. The van der Waals surface area contributed by atoms with Gasteiger partial charge in [0.05, 0.1) is 0 Å². The first kappa shape index (κ1) is 17.5. The van der Waals surface area contributed by atoms with Gasteiger partial charge in [0.1, 0.15) is 5.41 Å². The Labute approximate surface area is 152 Å². The van der Waals surface area contributed by atoms with E-state index in [4.69, 9.17) is 11.6 Å². The zero-order valence-electron chi connectivity index (χ0n) is 14.1. The molecule has 0 saturated heterocycles. The Balaban J connectivity index is 1.63. The summed E-state index contributed by atoms with van der Waals surface area (Å²) in [5.74, 6) is -0.434. The Morgan fingerprint density at radius 1 is 1.04 bits per heavy atom. The minimum atomic E-state index is -0.937. The monoisotopic (exact) mass is 356 g/mol. The van der Waals surface area contributed by atoms with E-state index >= 15 is 0 Å². The third kappa shape index (κ3) is 3.85. The van der Waals surface area contributed by atoms with Crippen molar-refractivity contribution in [1.29, 1.82) is 0 Å². The number of halogens is 1. The molecule has 0 radical (unpaired) electrons. The van der Waals surface area contributed by atoms with Crippen molar-refractivity contribution in [2.45, 2.75) is 32.7 Å². The van der Waals surface area contributed by atoms with Gasteiger partial charge in [-0.25, -0.2) is 0 Å². The molecular formula is C20H21ClN2O2. The summed E-state index contributed by atoms with van der Waals surface area (Å²) < 4.78 is 0. The lowest BCUT2D eigenvalue weighted by Gasteiger charge is -2.17. The maximum absolute atomic E-state index is 12.7. The molecule has 4 nitrogen and oxygen atoms in total. The standard InChI is InChI=1S/C20H21ClN2O2/c1-2-15-5-3-4-6-17(15)23-19(25)20(11-12-20)18(24)22-13-14-7-9-16(21)10-8-14/h3-10H,2,11-13H2,1H3,(H,22,24)(H,23,25). The summed E-state index contributed by atoms with van der Waals surface area (Å²) in [6, 6.07) is 15.0. The van der Waals surface area contributed by atoms with Crippen molar-refractivity contribution in [3.05, 3.63) is 64.7 Å². The van der Waals surface area contributed by atoms with Crippen molar-refractivity contribution in [3.8, 4) is 0 Å². The molecule has 3 rings (SSSR count). The minimum absolute atomic E-state index is 0.214. The highest BCUT2D eigenvalue weighted by Crippen LogP contribution is 2.47. The predicted molar refractivity (Wildman–Crippen MR) is 99.4 cm³/mol. The van der Waals surface area contributed by atoms with Gasteiger partial charge in [0.2, 0.25) is 11.8 Å². The van der Waals surface area contributed by atoms with Crippen LogP contribution in [0.3, 0.4) is 0 Å². The highest BCUT2D eigenvalue weighted by Gasteiger charge is 2.56. The molecule has 0 aliphatic heterocycles. The summed E-state index contributed by atoms with van der Waals surface area (Å²) in [5, 5.41) is 6.46. The maximum atomic E-state index is 12.7. The number of aryl methyl sites for hydroxylation is 1. The molecule has 5 heteroatoms. The van der Waals surface area contributed by atoms with E-state index in [1.165, 1.54) is 0 Å². The molecule has 2 amide bonds. The Morgan fingerprint density at radius 3 is 2.36 bits per heavy atom. The molecule has 0 unspecified atom stereocenters. The Hall–Kier alpha value is -2.33. The van der Waals surface area contributed by atoms with Crippen LogP contribution in [0, 0.1) is 5.41 Å². The van der Waals surface area contributed by atoms with Gasteiger partial charge >= 0.3 is 0 Å². The van der Waals surface area contributed by atoms with Crippen LogP contribution >= 0.6 is 11.6 Å². The van der Waals surface area contributed by atoms with E-state index in [2.05, 4.69) is 10.6 Å². The number of amides is 2. The number of benzene rings is 2. The van der Waals surface area contributed by atoms with E-state index in [1.807, 2.05) is 43.3 Å². The van der Waals surface area contributed by atoms with Crippen molar-refractivity contribution in [2.75, 3.05) is 5.32 Å². The maximum Gasteiger partial charge on any atom is 0.240 e. The number of carbonyl (C=O) groups is 2. The molecule has 2 N–H and O–H groups in total. The van der Waals surface area contributed by atoms with Crippen molar-refractivity contribution >= 4 is 29.1 Å². The Kier molecular flexibility index (Phi) is 5.09. The van der Waals surface area contributed by atoms with E-state index in [-0.39, 0.29) is 11.8 Å². The van der Waals surface area contributed by atoms with Gasteiger partial charge in [0.15, 0.2) is 0 Å². The van der Waals surface area contributed by atoms with Crippen molar-refractivity contribution in [3.63, 3.8) is 0 Å². The zero-order valence-corrected chi connectivity index (χ0v) is 14.9. The predicted octanol–water partition coefficient (Wildman–Crippen LogP) is 3.94. The lowest BCUT2D eigenvalue weighted by molar-refractivity contribution is -0.134. The van der Waals surface area contributed by atoms with Gasteiger partial charge < -0.3 is 10.6 Å². The molecule has 1 saturated carbocycles. The second kappa shape index (κ2) is 7.28. The zero-order chi connectivity index (χ0) is 17.9. The number of carbonyl (C=O) groups excluding carboxylic acids is 2. The minimum Gasteiger partial charge on any atom is -0.351 e. The van der Waals surface area contributed by atoms with Crippen molar-refractivity contribution in [1.82, 2.24) is 5.32 Å². The molecule has 130 valence electrons. The topological polar surface area (TPSA) is 58.2 Å². The number of hydrogen-bond donors (Lipinski definition) is 2. The normalized spacial score (nSPS) is 14.6. The SMILES string of the molecule is CCc1ccccc1NC(=O)C1(C(=O)NCc2ccc(Cl)cc2)CC1. The Bertz CT molecular complexity index is 783. The smallest absolute Gasteiger partial charge is 0.240 e. The molecule has 2 aromatic carbocycles. The summed E-state index contributed by atoms with van der Waals surface area (Å²) in [5.41, 5.74) is 1.86. The Morgan fingerprint density at radius 2 is 1.72 bits per heavy atom. The summed E-state index contributed by atoms with van der Waals surface area (Å²) in [6.07, 6.45) is 1.99. The third-order valence-corrected chi connectivity index (χ3v) is 4.88. The molecule has 0 heterocycles. The lowest BCUT2D eigenvalue weighted by atomic mass is 10.0. The van der Waals surface area contributed by atoms with Gasteiger partial charge in [-0.15, -0.1) is 0 Å². The number of nitrogens with one attached hydrogen (secondary N) is 2. The van der Waals surface area contributed by atoms with Crippen LogP contribution in [-0.4, -0.2) is 11.8 Å². The first-order valence-electron chi connectivity index (χ1n) is 8.47. The van der Waals surface area contributed by atoms with Gasteiger partial charge in [-0.1, -0.05) is 48.9 Å². The quantitative estimate of drug-likeness (QED) is 0.770. The van der Waals surface area contributed by atoms with Crippen LogP contribution in [0.15, 0.2) is 48.5 Å². The third-order valence-electron chi connectivity index (χ3n) is 4.63. The summed E-state index contributed by atoms with van der Waals surface area (Å²) in [7, 11) is 0. The van der Waals surface area contributed by atoms with Gasteiger partial charge in [-0.2, -0.15) is 0 Å². The van der Waals surface area contributed by atoms with E-state index in [0.717, 1.165) is 23.2 Å². The van der Waals surface area contributed by atoms with Crippen LogP contribution in [0.1, 0.15) is 30.9 Å². The largest absolute Gasteiger partial charge is 0.351 e. The molecule has 0 bridgehead atoms. The van der Waals surface area contributed by atoms with Crippen molar-refractivity contribution in [2.24, 2.45) is 5.41 Å². The summed E-state index contributed by atoms with van der Waals surface area (Å²) in [4.78, 5) is 25.2. The molecule has 0 aromatic heterocycles. The van der Waals surface area contributed by atoms with Crippen LogP contribution in [-0.2, 0) is 22.6 Å². The van der Waals surface area contributed by atoms with E-state index in [9.17, 15) is 9.59 Å².